The first kappa shape index (κ1) is 21.3. The van der Waals surface area contributed by atoms with Crippen LogP contribution in [-0.2, 0) is 9.53 Å². The van der Waals surface area contributed by atoms with Gasteiger partial charge in [-0.1, -0.05) is 56.3 Å². The summed E-state index contributed by atoms with van der Waals surface area (Å²) in [6.45, 7) is 8.57. The van der Waals surface area contributed by atoms with Crippen molar-refractivity contribution in [2.75, 3.05) is 44.7 Å². The molecule has 2 aromatic rings. The Morgan fingerprint density at radius 2 is 1.76 bits per heavy atom. The van der Waals surface area contributed by atoms with Gasteiger partial charge in [0.1, 0.15) is 0 Å². The molecule has 29 heavy (non-hydrogen) atoms. The van der Waals surface area contributed by atoms with Crippen LogP contribution in [0.25, 0.3) is 0 Å². The summed E-state index contributed by atoms with van der Waals surface area (Å²) >= 11 is 0. The first-order chi connectivity index (χ1) is 14.1. The van der Waals surface area contributed by atoms with Crippen molar-refractivity contribution in [1.29, 1.82) is 0 Å². The maximum absolute atomic E-state index is 12.3. The van der Waals surface area contributed by atoms with Crippen LogP contribution in [-0.4, -0.2) is 50.2 Å². The fraction of sp³-hybridized carbons (Fsp3) is 0.458. The summed E-state index contributed by atoms with van der Waals surface area (Å²) in [4.78, 5) is 14.4. The molecule has 5 nitrogen and oxygen atoms in total. The molecule has 5 heteroatoms. The average Bonchev–Trinajstić information content (AvgIpc) is 2.74. The maximum atomic E-state index is 12.3. The topological polar surface area (TPSA) is 53.6 Å². The Balaban J connectivity index is 1.57. The van der Waals surface area contributed by atoms with Gasteiger partial charge in [0.15, 0.2) is 0 Å². The summed E-state index contributed by atoms with van der Waals surface area (Å²) in [6, 6.07) is 19.2. The normalized spacial score (nSPS) is 15.8. The van der Waals surface area contributed by atoms with E-state index >= 15 is 0 Å². The minimum atomic E-state index is 0.0838. The quantitative estimate of drug-likeness (QED) is 0.678. The first-order valence-corrected chi connectivity index (χ1v) is 10.6. The third-order valence-electron chi connectivity index (χ3n) is 5.32. The second-order valence-electron chi connectivity index (χ2n) is 7.91. The van der Waals surface area contributed by atoms with Crippen molar-refractivity contribution < 1.29 is 9.53 Å². The Bertz CT molecular complexity index is 758. The van der Waals surface area contributed by atoms with E-state index in [0.29, 0.717) is 32.2 Å². The molecule has 1 aliphatic rings. The number of rotatable bonds is 9. The van der Waals surface area contributed by atoms with Gasteiger partial charge < -0.3 is 15.4 Å². The lowest BCUT2D eigenvalue weighted by atomic mass is 10.0. The van der Waals surface area contributed by atoms with E-state index in [1.54, 1.807) is 0 Å². The Hall–Kier alpha value is -2.37. The van der Waals surface area contributed by atoms with Gasteiger partial charge in [0.2, 0.25) is 5.91 Å². The minimum Gasteiger partial charge on any atom is -0.379 e. The van der Waals surface area contributed by atoms with Crippen molar-refractivity contribution in [2.45, 2.75) is 32.2 Å². The number of carbonyl (C=O) groups is 1. The molecule has 1 atom stereocenters. The number of benzene rings is 2. The van der Waals surface area contributed by atoms with Crippen molar-refractivity contribution >= 4 is 11.6 Å². The monoisotopic (exact) mass is 395 g/mol. The van der Waals surface area contributed by atoms with Crippen LogP contribution in [0.5, 0.6) is 0 Å². The molecule has 2 N–H and O–H groups in total. The van der Waals surface area contributed by atoms with Crippen LogP contribution in [0.3, 0.4) is 0 Å². The number of nitrogens with one attached hydrogen (secondary N) is 2. The van der Waals surface area contributed by atoms with Crippen molar-refractivity contribution in [2.24, 2.45) is 0 Å². The van der Waals surface area contributed by atoms with E-state index < -0.39 is 0 Å². The minimum absolute atomic E-state index is 0.0838. The van der Waals surface area contributed by atoms with E-state index in [4.69, 9.17) is 4.74 Å². The average molecular weight is 396 g/mol. The summed E-state index contributed by atoms with van der Waals surface area (Å²) in [6.07, 6.45) is 0.824. The number of morpholine rings is 1. The molecule has 0 spiro atoms. The van der Waals surface area contributed by atoms with E-state index in [1.165, 1.54) is 11.1 Å². The molecule has 156 valence electrons. The largest absolute Gasteiger partial charge is 0.379 e. The molecule has 0 bridgehead atoms. The number of anilines is 1. The molecule has 0 saturated carbocycles. The Morgan fingerprint density at radius 1 is 1.03 bits per heavy atom. The second-order valence-corrected chi connectivity index (χ2v) is 7.91. The smallest absolute Gasteiger partial charge is 0.234 e. The van der Waals surface area contributed by atoms with Gasteiger partial charge in [-0.2, -0.15) is 0 Å². The number of nitrogens with zero attached hydrogens (tertiary/aromatic N) is 1. The van der Waals surface area contributed by atoms with Crippen LogP contribution < -0.4 is 10.6 Å². The lowest BCUT2D eigenvalue weighted by Gasteiger charge is -2.26. The second kappa shape index (κ2) is 11.0. The van der Waals surface area contributed by atoms with Gasteiger partial charge in [0, 0.05) is 25.3 Å². The number of ether oxygens (including phenoxy) is 1. The Morgan fingerprint density at radius 3 is 2.48 bits per heavy atom. The zero-order valence-electron chi connectivity index (χ0n) is 17.6. The summed E-state index contributed by atoms with van der Waals surface area (Å²) < 4.78 is 5.34. The molecule has 1 saturated heterocycles. The van der Waals surface area contributed by atoms with Gasteiger partial charge in [0.25, 0.3) is 0 Å². The molecule has 1 unspecified atom stereocenters. The summed E-state index contributed by atoms with van der Waals surface area (Å²) in [5.74, 6) is 0.576. The van der Waals surface area contributed by atoms with E-state index in [1.807, 2.05) is 6.07 Å². The van der Waals surface area contributed by atoms with E-state index in [2.05, 4.69) is 77.9 Å². The molecule has 1 heterocycles. The number of hydrogen-bond acceptors (Lipinski definition) is 4. The predicted molar refractivity (Wildman–Crippen MR) is 118 cm³/mol. The van der Waals surface area contributed by atoms with Gasteiger partial charge in [-0.15, -0.1) is 0 Å². The van der Waals surface area contributed by atoms with Gasteiger partial charge >= 0.3 is 0 Å². The fourth-order valence-electron chi connectivity index (χ4n) is 3.57. The van der Waals surface area contributed by atoms with Gasteiger partial charge in [-0.25, -0.2) is 0 Å². The first-order valence-electron chi connectivity index (χ1n) is 10.6. The highest BCUT2D eigenvalue weighted by molar-refractivity contribution is 5.78. The zero-order valence-corrected chi connectivity index (χ0v) is 17.6. The van der Waals surface area contributed by atoms with Gasteiger partial charge in [-0.05, 0) is 35.6 Å². The molecule has 0 radical (unpaired) electrons. The van der Waals surface area contributed by atoms with Crippen molar-refractivity contribution in [3.63, 3.8) is 0 Å². The molecule has 1 aliphatic heterocycles. The van der Waals surface area contributed by atoms with E-state index in [0.717, 1.165) is 25.2 Å². The Kier molecular flexibility index (Phi) is 8.08. The summed E-state index contributed by atoms with van der Waals surface area (Å²) in [5.41, 5.74) is 3.66. The molecule has 2 aromatic carbocycles. The van der Waals surface area contributed by atoms with Crippen molar-refractivity contribution in [1.82, 2.24) is 10.2 Å². The standard InChI is InChI=1S/C24H33N3O2/c1-19(2)21-9-6-10-22(17-21)26-23(20-7-4-3-5-8-20)11-12-25-24(28)18-27-13-15-29-16-14-27/h3-10,17,19,23,26H,11-16,18H2,1-2H3,(H,25,28). The molecule has 3 rings (SSSR count). The Labute approximate surface area is 174 Å². The maximum Gasteiger partial charge on any atom is 0.234 e. The van der Waals surface area contributed by atoms with Crippen LogP contribution in [0.2, 0.25) is 0 Å². The number of carbonyl (C=O) groups excluding carboxylic acids is 1. The molecule has 0 aromatic heterocycles. The lowest BCUT2D eigenvalue weighted by molar-refractivity contribution is -0.123. The summed E-state index contributed by atoms with van der Waals surface area (Å²) in [7, 11) is 0. The van der Waals surface area contributed by atoms with Gasteiger partial charge in [-0.3, -0.25) is 9.69 Å². The highest BCUT2D eigenvalue weighted by atomic mass is 16.5. The van der Waals surface area contributed by atoms with Gasteiger partial charge in [0.05, 0.1) is 25.8 Å². The SMILES string of the molecule is CC(C)c1cccc(NC(CCNC(=O)CN2CCOCC2)c2ccccc2)c1. The molecular weight excluding hydrogens is 362 g/mol. The van der Waals surface area contributed by atoms with Crippen LogP contribution in [0.1, 0.15) is 43.4 Å². The third-order valence-corrected chi connectivity index (χ3v) is 5.32. The molecule has 1 fully saturated rings. The van der Waals surface area contributed by atoms with Crippen molar-refractivity contribution in [3.8, 4) is 0 Å². The predicted octanol–water partition coefficient (Wildman–Crippen LogP) is 3.80. The molecule has 0 aliphatic carbocycles. The van der Waals surface area contributed by atoms with E-state index in [9.17, 15) is 4.79 Å². The van der Waals surface area contributed by atoms with Crippen molar-refractivity contribution in [3.05, 3.63) is 65.7 Å². The van der Waals surface area contributed by atoms with Crippen LogP contribution in [0, 0.1) is 0 Å². The lowest BCUT2D eigenvalue weighted by Crippen LogP contribution is -2.43. The highest BCUT2D eigenvalue weighted by Crippen LogP contribution is 2.25. The summed E-state index contributed by atoms with van der Waals surface area (Å²) in [5, 5.41) is 6.75. The number of hydrogen-bond donors (Lipinski definition) is 2. The third kappa shape index (κ3) is 6.87. The number of amides is 1. The highest BCUT2D eigenvalue weighted by Gasteiger charge is 2.15. The molecule has 1 amide bonds. The van der Waals surface area contributed by atoms with Crippen LogP contribution in [0.15, 0.2) is 54.6 Å². The zero-order chi connectivity index (χ0) is 20.5. The fourth-order valence-corrected chi connectivity index (χ4v) is 3.57. The van der Waals surface area contributed by atoms with E-state index in [-0.39, 0.29) is 11.9 Å². The van der Waals surface area contributed by atoms with Crippen LogP contribution in [0.4, 0.5) is 5.69 Å². The molecular formula is C24H33N3O2. The van der Waals surface area contributed by atoms with Crippen LogP contribution >= 0.6 is 0 Å².